The van der Waals surface area contributed by atoms with Gasteiger partial charge in [-0.05, 0) is 42.5 Å². The molecule has 0 fully saturated rings. The lowest BCUT2D eigenvalue weighted by atomic mass is 10.00. The van der Waals surface area contributed by atoms with E-state index in [4.69, 9.17) is 0 Å². The highest BCUT2D eigenvalue weighted by molar-refractivity contribution is 5.92. The van der Waals surface area contributed by atoms with E-state index in [-0.39, 0.29) is 11.8 Å². The van der Waals surface area contributed by atoms with Gasteiger partial charge in [0.05, 0.1) is 6.54 Å². The molecule has 5 nitrogen and oxygen atoms in total. The third kappa shape index (κ3) is 5.20. The molecule has 5 heteroatoms. The molecular formula is C23H30N3O2+. The lowest BCUT2D eigenvalue weighted by Crippen LogP contribution is -3.14. The molecule has 0 aliphatic carbocycles. The Morgan fingerprint density at radius 2 is 1.75 bits per heavy atom. The first-order valence-corrected chi connectivity index (χ1v) is 10.1. The minimum atomic E-state index is -0.0467. The summed E-state index contributed by atoms with van der Waals surface area (Å²) in [6.45, 7) is 6.95. The monoisotopic (exact) mass is 380 g/mol. The molecule has 3 rings (SSSR count). The minimum Gasteiger partial charge on any atom is -0.333 e. The summed E-state index contributed by atoms with van der Waals surface area (Å²) in [7, 11) is 0. The van der Waals surface area contributed by atoms with Crippen LogP contribution in [0, 0.1) is 6.92 Å². The van der Waals surface area contributed by atoms with Crippen molar-refractivity contribution in [1.29, 1.82) is 0 Å². The summed E-state index contributed by atoms with van der Waals surface area (Å²) in [4.78, 5) is 28.3. The van der Waals surface area contributed by atoms with Crippen LogP contribution in [-0.4, -0.2) is 42.9 Å². The molecule has 2 aromatic carbocycles. The van der Waals surface area contributed by atoms with E-state index < -0.39 is 0 Å². The van der Waals surface area contributed by atoms with Gasteiger partial charge in [-0.15, -0.1) is 0 Å². The number of carbonyl (C=O) groups is 2. The van der Waals surface area contributed by atoms with Gasteiger partial charge in [-0.1, -0.05) is 49.4 Å². The zero-order valence-electron chi connectivity index (χ0n) is 16.8. The van der Waals surface area contributed by atoms with E-state index in [9.17, 15) is 9.59 Å². The Bertz CT molecular complexity index is 834. The second kappa shape index (κ2) is 9.51. The van der Waals surface area contributed by atoms with Gasteiger partial charge in [0.1, 0.15) is 0 Å². The Morgan fingerprint density at radius 1 is 1.04 bits per heavy atom. The number of quaternary nitrogens is 1. The Kier molecular flexibility index (Phi) is 6.82. The summed E-state index contributed by atoms with van der Waals surface area (Å²) in [5.74, 6) is 0.0798. The number of aryl methyl sites for hydroxylation is 1. The van der Waals surface area contributed by atoms with E-state index in [2.05, 4.69) is 30.4 Å². The Balaban J connectivity index is 1.57. The van der Waals surface area contributed by atoms with Crippen LogP contribution in [0.25, 0.3) is 0 Å². The first-order chi connectivity index (χ1) is 13.6. The van der Waals surface area contributed by atoms with Crippen LogP contribution in [0.1, 0.15) is 30.0 Å². The number of hydrogen-bond acceptors (Lipinski definition) is 2. The van der Waals surface area contributed by atoms with Crippen LogP contribution in [0.15, 0.2) is 48.5 Å². The predicted molar refractivity (Wildman–Crippen MR) is 111 cm³/mol. The Morgan fingerprint density at radius 3 is 2.50 bits per heavy atom. The van der Waals surface area contributed by atoms with Gasteiger partial charge in [0, 0.05) is 18.8 Å². The smallest absolute Gasteiger partial charge is 0.279 e. The molecule has 0 aromatic heterocycles. The zero-order chi connectivity index (χ0) is 19.9. The third-order valence-corrected chi connectivity index (χ3v) is 5.32. The van der Waals surface area contributed by atoms with Gasteiger partial charge in [-0.3, -0.25) is 9.59 Å². The van der Waals surface area contributed by atoms with Crippen molar-refractivity contribution in [2.75, 3.05) is 31.5 Å². The van der Waals surface area contributed by atoms with Crippen molar-refractivity contribution in [3.8, 4) is 0 Å². The van der Waals surface area contributed by atoms with Gasteiger partial charge in [0.2, 0.25) is 0 Å². The molecule has 2 aromatic rings. The predicted octanol–water partition coefficient (Wildman–Crippen LogP) is 1.81. The van der Waals surface area contributed by atoms with Crippen molar-refractivity contribution in [1.82, 2.24) is 4.90 Å². The summed E-state index contributed by atoms with van der Waals surface area (Å²) in [6, 6.07) is 16.1. The highest BCUT2D eigenvalue weighted by Gasteiger charge is 2.25. The molecular weight excluding hydrogens is 350 g/mol. The largest absolute Gasteiger partial charge is 0.333 e. The molecule has 0 spiro atoms. The second-order valence-electron chi connectivity index (χ2n) is 7.55. The van der Waals surface area contributed by atoms with Crippen molar-refractivity contribution in [3.05, 3.63) is 65.2 Å². The van der Waals surface area contributed by atoms with Crippen molar-refractivity contribution in [2.24, 2.45) is 0 Å². The van der Waals surface area contributed by atoms with Crippen LogP contribution >= 0.6 is 0 Å². The Labute approximate surface area is 167 Å². The van der Waals surface area contributed by atoms with E-state index in [1.54, 1.807) is 0 Å². The zero-order valence-corrected chi connectivity index (χ0v) is 16.8. The van der Waals surface area contributed by atoms with Crippen molar-refractivity contribution < 1.29 is 14.5 Å². The molecule has 0 saturated carbocycles. The average molecular weight is 381 g/mol. The van der Waals surface area contributed by atoms with Crippen molar-refractivity contribution in [2.45, 2.75) is 33.2 Å². The van der Waals surface area contributed by atoms with E-state index in [1.807, 2.05) is 42.2 Å². The molecule has 148 valence electrons. The number of anilines is 1. The average Bonchev–Trinajstić information content (AvgIpc) is 2.69. The Hall–Kier alpha value is -2.66. The second-order valence-corrected chi connectivity index (χ2v) is 7.55. The van der Waals surface area contributed by atoms with Gasteiger partial charge in [-0.25, -0.2) is 0 Å². The highest BCUT2D eigenvalue weighted by Crippen LogP contribution is 2.18. The molecule has 2 amide bonds. The van der Waals surface area contributed by atoms with E-state index in [0.717, 1.165) is 42.1 Å². The molecule has 1 atom stereocenters. The van der Waals surface area contributed by atoms with Crippen LogP contribution in [0.4, 0.5) is 5.69 Å². The van der Waals surface area contributed by atoms with Gasteiger partial charge in [0.15, 0.2) is 13.1 Å². The number of nitrogens with zero attached hydrogens (tertiary/aromatic N) is 1. The minimum absolute atomic E-state index is 0.0467. The summed E-state index contributed by atoms with van der Waals surface area (Å²) < 4.78 is 0. The normalized spacial score (nSPS) is 14.3. The van der Waals surface area contributed by atoms with Crippen molar-refractivity contribution in [3.63, 3.8) is 0 Å². The maximum absolute atomic E-state index is 12.9. The number of benzene rings is 2. The van der Waals surface area contributed by atoms with Crippen LogP contribution in [0.2, 0.25) is 0 Å². The lowest BCUT2D eigenvalue weighted by Gasteiger charge is -2.30. The first kappa shape index (κ1) is 20.1. The molecule has 0 bridgehead atoms. The van der Waals surface area contributed by atoms with E-state index in [1.165, 1.54) is 11.1 Å². The first-order valence-electron chi connectivity index (χ1n) is 10.1. The van der Waals surface area contributed by atoms with Crippen LogP contribution < -0.4 is 10.2 Å². The number of nitrogens with one attached hydrogen (secondary N) is 2. The fourth-order valence-electron chi connectivity index (χ4n) is 3.76. The third-order valence-electron chi connectivity index (χ3n) is 5.32. The van der Waals surface area contributed by atoms with Crippen LogP contribution in [0.5, 0.6) is 0 Å². The van der Waals surface area contributed by atoms with Gasteiger partial charge in [-0.2, -0.15) is 0 Å². The van der Waals surface area contributed by atoms with Gasteiger partial charge >= 0.3 is 0 Å². The van der Waals surface area contributed by atoms with Gasteiger partial charge in [0.25, 0.3) is 11.8 Å². The molecule has 1 unspecified atom stereocenters. The van der Waals surface area contributed by atoms with Crippen LogP contribution in [0.3, 0.4) is 0 Å². The number of rotatable bonds is 7. The summed E-state index contributed by atoms with van der Waals surface area (Å²) in [6.07, 6.45) is 1.84. The number of carbonyl (C=O) groups excluding carboxylic acids is 2. The maximum Gasteiger partial charge on any atom is 0.279 e. The number of amides is 2. The quantitative estimate of drug-likeness (QED) is 0.770. The molecule has 0 saturated heterocycles. The fraction of sp³-hybridized carbons (Fsp3) is 0.391. The molecule has 1 heterocycles. The molecule has 1 aliphatic heterocycles. The lowest BCUT2D eigenvalue weighted by molar-refractivity contribution is -0.884. The molecule has 0 radical (unpaired) electrons. The van der Waals surface area contributed by atoms with Crippen molar-refractivity contribution >= 4 is 17.5 Å². The number of para-hydroxylation sites is 1. The summed E-state index contributed by atoms with van der Waals surface area (Å²) in [5.41, 5.74) is 4.44. The van der Waals surface area contributed by atoms with E-state index in [0.29, 0.717) is 19.6 Å². The summed E-state index contributed by atoms with van der Waals surface area (Å²) in [5, 5.41) is 2.98. The fourth-order valence-corrected chi connectivity index (χ4v) is 3.76. The number of hydrogen-bond donors (Lipinski definition) is 2. The van der Waals surface area contributed by atoms with Gasteiger partial charge < -0.3 is 15.1 Å². The SMILES string of the molecule is CCC[NH+](CC(=O)Nc1ccccc1C)CC(=O)N1CCc2ccccc2C1. The maximum atomic E-state index is 12.9. The number of fused-ring (bicyclic) bond motifs is 1. The standard InChI is InChI=1S/C23H29N3O2/c1-3-13-25(16-22(27)24-21-11-7-4-8-18(21)2)17-23(28)26-14-12-19-9-5-6-10-20(19)15-26/h4-11H,3,12-17H2,1-2H3,(H,24,27)/p+1. The highest BCUT2D eigenvalue weighted by atomic mass is 16.2. The molecule has 2 N–H and O–H groups in total. The van der Waals surface area contributed by atoms with Crippen LogP contribution in [-0.2, 0) is 22.6 Å². The molecule has 28 heavy (non-hydrogen) atoms. The van der Waals surface area contributed by atoms with E-state index >= 15 is 0 Å². The topological polar surface area (TPSA) is 53.9 Å². The molecule has 1 aliphatic rings. The summed E-state index contributed by atoms with van der Waals surface area (Å²) >= 11 is 0.